The molecule has 0 saturated carbocycles. The van der Waals surface area contributed by atoms with E-state index in [0.717, 1.165) is 22.9 Å². The van der Waals surface area contributed by atoms with E-state index in [2.05, 4.69) is 0 Å². The van der Waals surface area contributed by atoms with Gasteiger partial charge >= 0.3 is 5.97 Å². The van der Waals surface area contributed by atoms with E-state index in [-0.39, 0.29) is 5.91 Å². The number of thioether (sulfide) groups is 1. The lowest BCUT2D eigenvalue weighted by Crippen LogP contribution is -2.43. The van der Waals surface area contributed by atoms with Crippen molar-refractivity contribution in [3.8, 4) is 0 Å². The summed E-state index contributed by atoms with van der Waals surface area (Å²) in [5, 5.41) is 9.37. The predicted molar refractivity (Wildman–Crippen MR) is 102 cm³/mol. The summed E-state index contributed by atoms with van der Waals surface area (Å²) in [6.07, 6.45) is 4.78. The van der Waals surface area contributed by atoms with Gasteiger partial charge in [-0.05, 0) is 30.6 Å². The molecule has 1 aliphatic rings. The molecule has 6 heteroatoms. The van der Waals surface area contributed by atoms with Crippen molar-refractivity contribution < 1.29 is 14.7 Å². The molecular weight excluding hydrogens is 342 g/mol. The maximum Gasteiger partial charge on any atom is 0.326 e. The summed E-state index contributed by atoms with van der Waals surface area (Å²) in [7, 11) is 0. The van der Waals surface area contributed by atoms with Gasteiger partial charge in [0.25, 0.3) is 5.91 Å². The summed E-state index contributed by atoms with van der Waals surface area (Å²) in [5.41, 5.74) is 1.94. The Balaban J connectivity index is 2.24. The van der Waals surface area contributed by atoms with Gasteiger partial charge in [-0.25, -0.2) is 4.79 Å². The van der Waals surface area contributed by atoms with Gasteiger partial charge in [0.2, 0.25) is 0 Å². The minimum absolute atomic E-state index is 0.305. The molecule has 4 nitrogen and oxygen atoms in total. The minimum Gasteiger partial charge on any atom is -0.480 e. The van der Waals surface area contributed by atoms with Gasteiger partial charge in [-0.15, -0.1) is 0 Å². The van der Waals surface area contributed by atoms with Gasteiger partial charge in [0.05, 0.1) is 4.91 Å². The van der Waals surface area contributed by atoms with Gasteiger partial charge in [0, 0.05) is 0 Å². The Bertz CT molecular complexity index is 710. The summed E-state index contributed by atoms with van der Waals surface area (Å²) in [5.74, 6) is -1.35. The van der Waals surface area contributed by atoms with Crippen LogP contribution in [0.3, 0.4) is 0 Å². The van der Waals surface area contributed by atoms with Crippen LogP contribution in [-0.2, 0) is 9.59 Å². The molecule has 0 aromatic heterocycles. The number of carboxylic acids is 1. The molecule has 1 aliphatic heterocycles. The Labute approximate surface area is 151 Å². The molecule has 0 bridgehead atoms. The number of benzene rings is 1. The second kappa shape index (κ2) is 8.26. The van der Waals surface area contributed by atoms with E-state index in [1.165, 1.54) is 4.90 Å². The number of thiocarbonyl (C=S) groups is 1. The number of aliphatic carboxylic acids is 1. The molecular formula is C18H19NO3S2. The third kappa shape index (κ3) is 4.33. The summed E-state index contributed by atoms with van der Waals surface area (Å²) in [4.78, 5) is 25.7. The molecule has 1 atom stereocenters. The first-order valence-corrected chi connectivity index (χ1v) is 8.89. The molecule has 1 saturated heterocycles. The van der Waals surface area contributed by atoms with Crippen LogP contribution < -0.4 is 0 Å². The van der Waals surface area contributed by atoms with Crippen molar-refractivity contribution in [1.29, 1.82) is 0 Å². The molecule has 126 valence electrons. The number of hydrogen-bond acceptors (Lipinski definition) is 4. The number of hydrogen-bond donors (Lipinski definition) is 1. The molecule has 0 aliphatic carbocycles. The van der Waals surface area contributed by atoms with Gasteiger partial charge in [-0.1, -0.05) is 73.7 Å². The van der Waals surface area contributed by atoms with E-state index < -0.39 is 12.0 Å². The van der Waals surface area contributed by atoms with Crippen molar-refractivity contribution in [3.05, 3.63) is 52.4 Å². The Hall–Kier alpha value is -1.92. The van der Waals surface area contributed by atoms with Gasteiger partial charge in [-0.3, -0.25) is 9.69 Å². The lowest BCUT2D eigenvalue weighted by atomic mass is 10.1. The van der Waals surface area contributed by atoms with Gasteiger partial charge < -0.3 is 5.11 Å². The molecule has 24 heavy (non-hydrogen) atoms. The minimum atomic E-state index is -1.02. The first-order valence-electron chi connectivity index (χ1n) is 7.67. The molecule has 0 radical (unpaired) electrons. The van der Waals surface area contributed by atoms with Gasteiger partial charge in [-0.2, -0.15) is 0 Å². The Kier molecular flexibility index (Phi) is 6.34. The lowest BCUT2D eigenvalue weighted by molar-refractivity contribution is -0.145. The van der Waals surface area contributed by atoms with E-state index in [0.29, 0.717) is 22.1 Å². The van der Waals surface area contributed by atoms with E-state index in [4.69, 9.17) is 12.2 Å². The predicted octanol–water partition coefficient (Wildman–Crippen LogP) is 4.09. The van der Waals surface area contributed by atoms with Crippen molar-refractivity contribution >= 4 is 46.3 Å². The zero-order valence-electron chi connectivity index (χ0n) is 13.6. The fourth-order valence-electron chi connectivity index (χ4n) is 2.45. The van der Waals surface area contributed by atoms with Crippen LogP contribution >= 0.6 is 24.0 Å². The number of carbonyl (C=O) groups excluding carboxylic acids is 1. The quantitative estimate of drug-likeness (QED) is 0.611. The van der Waals surface area contributed by atoms with E-state index in [1.54, 1.807) is 6.08 Å². The molecule has 1 aromatic carbocycles. The van der Waals surface area contributed by atoms with Gasteiger partial charge in [0.15, 0.2) is 0 Å². The monoisotopic (exact) mass is 361 g/mol. The molecule has 1 fully saturated rings. The van der Waals surface area contributed by atoms with Crippen LogP contribution in [0.25, 0.3) is 6.08 Å². The highest BCUT2D eigenvalue weighted by molar-refractivity contribution is 8.26. The van der Waals surface area contributed by atoms with Crippen molar-refractivity contribution in [2.75, 3.05) is 0 Å². The molecule has 1 N–H and O–H groups in total. The summed E-state index contributed by atoms with van der Waals surface area (Å²) in [6.45, 7) is 3.79. The van der Waals surface area contributed by atoms with Crippen molar-refractivity contribution in [2.24, 2.45) is 0 Å². The molecule has 0 spiro atoms. The Morgan fingerprint density at radius 3 is 2.62 bits per heavy atom. The molecule has 1 aromatic rings. The maximum atomic E-state index is 12.6. The van der Waals surface area contributed by atoms with E-state index in [1.807, 2.05) is 50.3 Å². The number of carboxylic acid groups (broad SMARTS) is 1. The second-order valence-electron chi connectivity index (χ2n) is 5.49. The Morgan fingerprint density at radius 2 is 2.04 bits per heavy atom. The molecule has 0 unspecified atom stereocenters. The smallest absolute Gasteiger partial charge is 0.326 e. The highest BCUT2D eigenvalue weighted by atomic mass is 32.2. The average Bonchev–Trinajstić information content (AvgIpc) is 2.80. The summed E-state index contributed by atoms with van der Waals surface area (Å²) < 4.78 is 0.305. The average molecular weight is 361 g/mol. The van der Waals surface area contributed by atoms with E-state index >= 15 is 0 Å². The second-order valence-corrected chi connectivity index (χ2v) is 7.17. The fourth-order valence-corrected chi connectivity index (χ4v) is 3.85. The standard InChI is InChI=1S/C18H19NO3S2/c1-3-7-14(17(21)22)19-16(20)15(24-18(19)23)11-12(2)10-13-8-5-4-6-9-13/h4-6,8-11,14H,3,7H2,1-2H3,(H,21,22)/b12-10+,15-11-/t14-/m1/s1. The first kappa shape index (κ1) is 18.4. The summed E-state index contributed by atoms with van der Waals surface area (Å²) >= 11 is 6.39. The number of amides is 1. The van der Waals surface area contributed by atoms with Crippen molar-refractivity contribution in [2.45, 2.75) is 32.7 Å². The van der Waals surface area contributed by atoms with Crippen LogP contribution in [0.5, 0.6) is 0 Å². The molecule has 2 rings (SSSR count). The summed E-state index contributed by atoms with van der Waals surface area (Å²) in [6, 6.07) is 8.89. The zero-order chi connectivity index (χ0) is 17.7. The van der Waals surface area contributed by atoms with Crippen LogP contribution in [0.2, 0.25) is 0 Å². The van der Waals surface area contributed by atoms with Gasteiger partial charge in [0.1, 0.15) is 10.4 Å². The number of rotatable bonds is 6. The topological polar surface area (TPSA) is 57.6 Å². The highest BCUT2D eigenvalue weighted by Gasteiger charge is 2.39. The number of nitrogens with zero attached hydrogens (tertiary/aromatic N) is 1. The molecule has 1 heterocycles. The van der Waals surface area contributed by atoms with Crippen molar-refractivity contribution in [1.82, 2.24) is 4.90 Å². The third-order valence-corrected chi connectivity index (χ3v) is 4.87. The zero-order valence-corrected chi connectivity index (χ0v) is 15.2. The number of carbonyl (C=O) groups is 2. The first-order chi connectivity index (χ1) is 11.4. The van der Waals surface area contributed by atoms with Crippen LogP contribution in [0.15, 0.2) is 46.9 Å². The third-order valence-electron chi connectivity index (χ3n) is 3.54. The largest absolute Gasteiger partial charge is 0.480 e. The van der Waals surface area contributed by atoms with Crippen molar-refractivity contribution in [3.63, 3.8) is 0 Å². The van der Waals surface area contributed by atoms with E-state index in [9.17, 15) is 14.7 Å². The highest BCUT2D eigenvalue weighted by Crippen LogP contribution is 2.34. The van der Waals surface area contributed by atoms with Crippen LogP contribution in [0.1, 0.15) is 32.3 Å². The normalized spacial score (nSPS) is 18.3. The van der Waals surface area contributed by atoms with Crippen LogP contribution in [-0.4, -0.2) is 32.2 Å². The van der Waals surface area contributed by atoms with Crippen LogP contribution in [0.4, 0.5) is 0 Å². The van der Waals surface area contributed by atoms with Crippen LogP contribution in [0, 0.1) is 0 Å². The Morgan fingerprint density at radius 1 is 1.38 bits per heavy atom. The molecule has 1 amide bonds. The number of allylic oxidation sites excluding steroid dienone is 2. The SMILES string of the molecule is CCC[C@H](C(=O)O)N1C(=O)/C(=C/C(C)=C/c2ccccc2)SC1=S. The fraction of sp³-hybridized carbons (Fsp3) is 0.278. The lowest BCUT2D eigenvalue weighted by Gasteiger charge is -2.22. The maximum absolute atomic E-state index is 12.6.